The minimum Gasteiger partial charge on any atom is -0.313 e. The molecular formula is C17H27Cl2N. The van der Waals surface area contributed by atoms with Crippen molar-refractivity contribution in [3.8, 4) is 0 Å². The van der Waals surface area contributed by atoms with Gasteiger partial charge in [-0.25, -0.2) is 0 Å². The van der Waals surface area contributed by atoms with Crippen molar-refractivity contribution in [2.24, 2.45) is 0 Å². The Morgan fingerprint density at radius 2 is 1.55 bits per heavy atom. The molecule has 1 rings (SSSR count). The molecule has 0 aliphatic rings. The van der Waals surface area contributed by atoms with Gasteiger partial charge in [0.1, 0.15) is 0 Å². The monoisotopic (exact) mass is 315 g/mol. The molecule has 0 fully saturated rings. The van der Waals surface area contributed by atoms with Gasteiger partial charge in [-0.2, -0.15) is 0 Å². The highest BCUT2D eigenvalue weighted by atomic mass is 35.5. The Labute approximate surface area is 134 Å². The maximum Gasteiger partial charge on any atom is 0.0637 e. The van der Waals surface area contributed by atoms with E-state index < -0.39 is 0 Å². The third-order valence-corrected chi connectivity index (χ3v) is 4.41. The number of unbranched alkanes of at least 4 members (excludes halogenated alkanes) is 7. The molecule has 0 unspecified atom stereocenters. The van der Waals surface area contributed by atoms with E-state index in [-0.39, 0.29) is 0 Å². The first-order chi connectivity index (χ1) is 9.75. The summed E-state index contributed by atoms with van der Waals surface area (Å²) in [6.45, 7) is 4.12. The second-order valence-corrected chi connectivity index (χ2v) is 6.15. The van der Waals surface area contributed by atoms with E-state index in [1.165, 1.54) is 51.4 Å². The van der Waals surface area contributed by atoms with E-state index >= 15 is 0 Å². The molecule has 20 heavy (non-hydrogen) atoms. The van der Waals surface area contributed by atoms with Crippen molar-refractivity contribution in [3.63, 3.8) is 0 Å². The van der Waals surface area contributed by atoms with Gasteiger partial charge in [0.2, 0.25) is 0 Å². The zero-order valence-electron chi connectivity index (χ0n) is 12.6. The molecule has 0 spiro atoms. The number of rotatable bonds is 11. The van der Waals surface area contributed by atoms with Gasteiger partial charge in [0.05, 0.1) is 10.0 Å². The molecule has 1 N–H and O–H groups in total. The molecule has 0 saturated heterocycles. The zero-order chi connectivity index (χ0) is 14.6. The summed E-state index contributed by atoms with van der Waals surface area (Å²) >= 11 is 12.1. The molecule has 0 aliphatic carbocycles. The predicted molar refractivity (Wildman–Crippen MR) is 90.8 cm³/mol. The van der Waals surface area contributed by atoms with Crippen molar-refractivity contribution < 1.29 is 0 Å². The summed E-state index contributed by atoms with van der Waals surface area (Å²) in [4.78, 5) is 0. The maximum atomic E-state index is 6.14. The third kappa shape index (κ3) is 7.52. The number of hydrogen-bond donors (Lipinski definition) is 1. The molecule has 1 aromatic rings. The van der Waals surface area contributed by atoms with Crippen molar-refractivity contribution in [2.45, 2.75) is 64.8 Å². The van der Waals surface area contributed by atoms with Gasteiger partial charge in [-0.3, -0.25) is 0 Å². The van der Waals surface area contributed by atoms with E-state index in [1.54, 1.807) is 0 Å². The zero-order valence-corrected chi connectivity index (χ0v) is 14.1. The van der Waals surface area contributed by atoms with Crippen molar-refractivity contribution in [1.82, 2.24) is 5.32 Å². The molecule has 0 atom stereocenters. The lowest BCUT2D eigenvalue weighted by molar-refractivity contribution is 0.555. The van der Waals surface area contributed by atoms with Crippen LogP contribution in [0.2, 0.25) is 10.0 Å². The molecule has 0 aromatic heterocycles. The number of halogens is 2. The molecular weight excluding hydrogens is 289 g/mol. The van der Waals surface area contributed by atoms with E-state index in [2.05, 4.69) is 12.2 Å². The Morgan fingerprint density at radius 3 is 2.25 bits per heavy atom. The number of nitrogens with one attached hydrogen (secondary N) is 1. The Kier molecular flexibility index (Phi) is 10.2. The minimum atomic E-state index is 0.637. The molecule has 3 heteroatoms. The van der Waals surface area contributed by atoms with Gasteiger partial charge in [-0.15, -0.1) is 0 Å². The first-order valence-corrected chi connectivity index (χ1v) is 8.65. The Morgan fingerprint density at radius 1 is 0.900 bits per heavy atom. The molecule has 0 radical (unpaired) electrons. The summed E-state index contributed by atoms with van der Waals surface area (Å²) in [6, 6.07) is 5.79. The van der Waals surface area contributed by atoms with Crippen LogP contribution >= 0.6 is 23.2 Å². The fraction of sp³-hybridized carbons (Fsp3) is 0.647. The molecule has 0 saturated carbocycles. The van der Waals surface area contributed by atoms with Crippen LogP contribution in [-0.2, 0) is 6.54 Å². The van der Waals surface area contributed by atoms with Gasteiger partial charge >= 0.3 is 0 Å². The van der Waals surface area contributed by atoms with Gasteiger partial charge in [-0.05, 0) is 24.6 Å². The summed E-state index contributed by atoms with van der Waals surface area (Å²) in [6.07, 6.45) is 10.8. The van der Waals surface area contributed by atoms with Crippen LogP contribution in [0.25, 0.3) is 0 Å². The van der Waals surface area contributed by atoms with E-state index in [4.69, 9.17) is 23.2 Å². The summed E-state index contributed by atoms with van der Waals surface area (Å²) in [7, 11) is 0. The first-order valence-electron chi connectivity index (χ1n) is 7.89. The third-order valence-electron chi connectivity index (χ3n) is 3.55. The summed E-state index contributed by atoms with van der Waals surface area (Å²) in [5.41, 5.74) is 1.08. The van der Waals surface area contributed by atoms with Crippen LogP contribution in [0.1, 0.15) is 63.9 Å². The molecule has 0 aliphatic heterocycles. The largest absolute Gasteiger partial charge is 0.313 e. The van der Waals surface area contributed by atoms with Crippen molar-refractivity contribution in [2.75, 3.05) is 6.54 Å². The van der Waals surface area contributed by atoms with Crippen molar-refractivity contribution in [3.05, 3.63) is 33.8 Å². The Bertz CT molecular complexity index is 366. The lowest BCUT2D eigenvalue weighted by Gasteiger charge is -2.07. The van der Waals surface area contributed by atoms with Gasteiger partial charge in [0.25, 0.3) is 0 Å². The van der Waals surface area contributed by atoms with Crippen LogP contribution in [0.15, 0.2) is 18.2 Å². The van der Waals surface area contributed by atoms with E-state index in [0.717, 1.165) is 18.7 Å². The highest BCUT2D eigenvalue weighted by molar-refractivity contribution is 6.42. The second kappa shape index (κ2) is 11.4. The van der Waals surface area contributed by atoms with E-state index in [0.29, 0.717) is 10.0 Å². The van der Waals surface area contributed by atoms with E-state index in [1.807, 2.05) is 18.2 Å². The molecule has 0 amide bonds. The molecule has 0 bridgehead atoms. The van der Waals surface area contributed by atoms with Gasteiger partial charge in [0, 0.05) is 6.54 Å². The van der Waals surface area contributed by atoms with Crippen LogP contribution in [0.4, 0.5) is 0 Å². The summed E-state index contributed by atoms with van der Waals surface area (Å²) in [5.74, 6) is 0. The Hall–Kier alpha value is -0.240. The lowest BCUT2D eigenvalue weighted by Crippen LogP contribution is -2.14. The summed E-state index contributed by atoms with van der Waals surface area (Å²) in [5, 5.41) is 4.75. The standard InChI is InChI=1S/C17H27Cl2N/c1-2-3-4-5-6-7-8-9-13-20-14-15-11-10-12-16(18)17(15)19/h10-12,20H,2-9,13-14H2,1H3. The fourth-order valence-corrected chi connectivity index (χ4v) is 2.68. The van der Waals surface area contributed by atoms with Gasteiger partial charge in [-0.1, -0.05) is 87.2 Å². The Balaban J connectivity index is 1.98. The average molecular weight is 316 g/mol. The van der Waals surface area contributed by atoms with Crippen LogP contribution in [0, 0.1) is 0 Å². The minimum absolute atomic E-state index is 0.637. The van der Waals surface area contributed by atoms with Crippen molar-refractivity contribution >= 4 is 23.2 Å². The molecule has 1 nitrogen and oxygen atoms in total. The number of hydrogen-bond acceptors (Lipinski definition) is 1. The average Bonchev–Trinajstić information content (AvgIpc) is 2.45. The quantitative estimate of drug-likeness (QED) is 0.478. The molecule has 114 valence electrons. The lowest BCUT2D eigenvalue weighted by atomic mass is 10.1. The smallest absolute Gasteiger partial charge is 0.0637 e. The topological polar surface area (TPSA) is 12.0 Å². The van der Waals surface area contributed by atoms with Crippen LogP contribution in [0.5, 0.6) is 0 Å². The fourth-order valence-electron chi connectivity index (χ4n) is 2.29. The normalized spacial score (nSPS) is 10.9. The van der Waals surface area contributed by atoms with Gasteiger partial charge in [0.15, 0.2) is 0 Å². The van der Waals surface area contributed by atoms with Crippen LogP contribution < -0.4 is 5.32 Å². The maximum absolute atomic E-state index is 6.14. The SMILES string of the molecule is CCCCCCCCCCNCc1cccc(Cl)c1Cl. The summed E-state index contributed by atoms with van der Waals surface area (Å²) < 4.78 is 0. The predicted octanol–water partition coefficient (Wildman–Crippen LogP) is 6.22. The van der Waals surface area contributed by atoms with Crippen LogP contribution in [0.3, 0.4) is 0 Å². The highest BCUT2D eigenvalue weighted by Gasteiger charge is 2.03. The molecule has 0 heterocycles. The highest BCUT2D eigenvalue weighted by Crippen LogP contribution is 2.25. The van der Waals surface area contributed by atoms with Crippen LogP contribution in [-0.4, -0.2) is 6.54 Å². The first kappa shape index (κ1) is 17.8. The van der Waals surface area contributed by atoms with E-state index in [9.17, 15) is 0 Å². The van der Waals surface area contributed by atoms with Crippen molar-refractivity contribution in [1.29, 1.82) is 0 Å². The molecule has 1 aromatic carbocycles. The number of benzene rings is 1. The second-order valence-electron chi connectivity index (χ2n) is 5.36. The van der Waals surface area contributed by atoms with Gasteiger partial charge < -0.3 is 5.32 Å².